The van der Waals surface area contributed by atoms with Crippen LogP contribution < -0.4 is 0 Å². The first kappa shape index (κ1) is 21.4. The molecule has 5 heteroatoms. The third-order valence-corrected chi connectivity index (χ3v) is 4.92. The SMILES string of the molecule is Cc1ccc([C@@H]2CCN(C)C[C@H]2c2ccccc2)cc1.O=C(O)C=CC(=O)O. The number of likely N-dealkylation sites (tertiary alicyclic amines) is 1. The first-order valence-electron chi connectivity index (χ1n) is 9.31. The third kappa shape index (κ3) is 6.67. The average molecular weight is 381 g/mol. The highest BCUT2D eigenvalue weighted by atomic mass is 16.4. The molecule has 1 heterocycles. The number of carbonyl (C=O) groups is 2. The summed E-state index contributed by atoms with van der Waals surface area (Å²) in [5.41, 5.74) is 4.32. The van der Waals surface area contributed by atoms with Crippen LogP contribution in [0.25, 0.3) is 0 Å². The van der Waals surface area contributed by atoms with Gasteiger partial charge in [0.05, 0.1) is 0 Å². The number of carboxylic acids is 2. The maximum Gasteiger partial charge on any atom is 0.328 e. The fourth-order valence-corrected chi connectivity index (χ4v) is 3.51. The molecule has 5 nitrogen and oxygen atoms in total. The van der Waals surface area contributed by atoms with Crippen molar-refractivity contribution in [3.63, 3.8) is 0 Å². The molecule has 148 valence electrons. The van der Waals surface area contributed by atoms with E-state index in [4.69, 9.17) is 10.2 Å². The number of piperidine rings is 1. The number of hydrogen-bond donors (Lipinski definition) is 2. The summed E-state index contributed by atoms with van der Waals surface area (Å²) in [5.74, 6) is -1.26. The highest BCUT2D eigenvalue weighted by molar-refractivity contribution is 5.89. The molecule has 2 N–H and O–H groups in total. The molecule has 28 heavy (non-hydrogen) atoms. The zero-order chi connectivity index (χ0) is 20.5. The number of benzene rings is 2. The highest BCUT2D eigenvalue weighted by Gasteiger charge is 2.29. The van der Waals surface area contributed by atoms with E-state index in [1.54, 1.807) is 0 Å². The molecule has 1 fully saturated rings. The fourth-order valence-electron chi connectivity index (χ4n) is 3.51. The highest BCUT2D eigenvalue weighted by Crippen LogP contribution is 2.39. The Labute approximate surface area is 165 Å². The van der Waals surface area contributed by atoms with Gasteiger partial charge in [0.1, 0.15) is 0 Å². The van der Waals surface area contributed by atoms with Crippen LogP contribution in [0.5, 0.6) is 0 Å². The minimum absolute atomic E-state index is 0.558. The van der Waals surface area contributed by atoms with Gasteiger partial charge in [0, 0.05) is 24.6 Å². The number of aliphatic carboxylic acids is 2. The molecule has 2 atom stereocenters. The zero-order valence-corrected chi connectivity index (χ0v) is 16.3. The van der Waals surface area contributed by atoms with E-state index in [9.17, 15) is 9.59 Å². The van der Waals surface area contributed by atoms with Crippen LogP contribution in [0.2, 0.25) is 0 Å². The van der Waals surface area contributed by atoms with Gasteiger partial charge in [-0.15, -0.1) is 0 Å². The van der Waals surface area contributed by atoms with E-state index >= 15 is 0 Å². The second kappa shape index (κ2) is 10.4. The number of likely N-dealkylation sites (N-methyl/N-ethyl adjacent to an activating group) is 1. The minimum atomic E-state index is -1.26. The largest absolute Gasteiger partial charge is 0.478 e. The van der Waals surface area contributed by atoms with Gasteiger partial charge in [0.2, 0.25) is 0 Å². The molecule has 0 saturated carbocycles. The number of carboxylic acid groups (broad SMARTS) is 2. The monoisotopic (exact) mass is 381 g/mol. The van der Waals surface area contributed by atoms with Crippen molar-refractivity contribution in [2.24, 2.45) is 0 Å². The van der Waals surface area contributed by atoms with E-state index in [0.717, 1.165) is 6.54 Å². The van der Waals surface area contributed by atoms with Gasteiger partial charge in [-0.2, -0.15) is 0 Å². The van der Waals surface area contributed by atoms with Crippen LogP contribution in [0.4, 0.5) is 0 Å². The summed E-state index contributed by atoms with van der Waals surface area (Å²) in [4.78, 5) is 21.6. The van der Waals surface area contributed by atoms with Crippen molar-refractivity contribution < 1.29 is 19.8 Å². The number of aryl methyl sites for hydroxylation is 1. The van der Waals surface area contributed by atoms with Crippen molar-refractivity contribution in [2.75, 3.05) is 20.1 Å². The Bertz CT molecular complexity index is 783. The molecule has 2 aromatic carbocycles. The van der Waals surface area contributed by atoms with Crippen LogP contribution in [0.1, 0.15) is 34.9 Å². The molecular weight excluding hydrogens is 354 g/mol. The van der Waals surface area contributed by atoms with E-state index in [-0.39, 0.29) is 0 Å². The summed E-state index contributed by atoms with van der Waals surface area (Å²) in [6.07, 6.45) is 2.36. The molecule has 2 aromatic rings. The van der Waals surface area contributed by atoms with Crippen LogP contribution >= 0.6 is 0 Å². The van der Waals surface area contributed by atoms with Gasteiger partial charge in [0.25, 0.3) is 0 Å². The van der Waals surface area contributed by atoms with Crippen LogP contribution in [0.3, 0.4) is 0 Å². The first-order valence-corrected chi connectivity index (χ1v) is 9.31. The van der Waals surface area contributed by atoms with Gasteiger partial charge in [-0.05, 0) is 44.0 Å². The predicted molar refractivity (Wildman–Crippen MR) is 110 cm³/mol. The topological polar surface area (TPSA) is 77.8 Å². The Morgan fingerprint density at radius 2 is 1.43 bits per heavy atom. The lowest BCUT2D eigenvalue weighted by molar-refractivity contribution is -0.134. The summed E-state index contributed by atoms with van der Waals surface area (Å²) >= 11 is 0. The van der Waals surface area contributed by atoms with E-state index < -0.39 is 11.9 Å². The van der Waals surface area contributed by atoms with Crippen molar-refractivity contribution in [3.05, 3.63) is 83.4 Å². The molecule has 3 rings (SSSR count). The van der Waals surface area contributed by atoms with Crippen molar-refractivity contribution in [2.45, 2.75) is 25.2 Å². The molecule has 1 aliphatic heterocycles. The Kier molecular flexibility index (Phi) is 7.96. The lowest BCUT2D eigenvalue weighted by Crippen LogP contribution is -2.35. The minimum Gasteiger partial charge on any atom is -0.478 e. The Balaban J connectivity index is 0.000000300. The van der Waals surface area contributed by atoms with Crippen molar-refractivity contribution in [1.29, 1.82) is 0 Å². The van der Waals surface area contributed by atoms with Crippen molar-refractivity contribution >= 4 is 11.9 Å². The Hall–Kier alpha value is -2.92. The average Bonchev–Trinajstić information content (AvgIpc) is 2.68. The third-order valence-electron chi connectivity index (χ3n) is 4.92. The van der Waals surface area contributed by atoms with Gasteiger partial charge in [0.15, 0.2) is 0 Å². The molecule has 0 aliphatic carbocycles. The molecule has 0 spiro atoms. The van der Waals surface area contributed by atoms with E-state index in [0.29, 0.717) is 24.0 Å². The molecule has 1 saturated heterocycles. The standard InChI is InChI=1S/C19H23N.C4H4O4/c1-15-8-10-17(11-9-15)18-12-13-20(2)14-19(18)16-6-4-3-5-7-16;5-3(6)1-2-4(7)8/h3-11,18-19H,12-14H2,1-2H3;1-2H,(H,5,6)(H,7,8)/t18-,19-;/m0./s1. The van der Waals surface area contributed by atoms with Gasteiger partial charge < -0.3 is 15.1 Å². The molecular formula is C23H27NO4. The summed E-state index contributed by atoms with van der Waals surface area (Å²) in [6, 6.07) is 20.1. The summed E-state index contributed by atoms with van der Waals surface area (Å²) in [5, 5.41) is 15.6. The summed E-state index contributed by atoms with van der Waals surface area (Å²) < 4.78 is 0. The zero-order valence-electron chi connectivity index (χ0n) is 16.3. The van der Waals surface area contributed by atoms with Crippen LogP contribution in [-0.4, -0.2) is 47.2 Å². The number of nitrogens with zero attached hydrogens (tertiary/aromatic N) is 1. The van der Waals surface area contributed by atoms with Gasteiger partial charge in [-0.25, -0.2) is 9.59 Å². The van der Waals surface area contributed by atoms with E-state index in [1.165, 1.54) is 29.7 Å². The molecule has 0 unspecified atom stereocenters. The van der Waals surface area contributed by atoms with Crippen LogP contribution in [0.15, 0.2) is 66.7 Å². The van der Waals surface area contributed by atoms with Crippen molar-refractivity contribution in [1.82, 2.24) is 4.90 Å². The molecule has 0 aromatic heterocycles. The maximum atomic E-state index is 9.55. The van der Waals surface area contributed by atoms with Crippen LogP contribution in [-0.2, 0) is 9.59 Å². The molecule has 0 amide bonds. The van der Waals surface area contributed by atoms with Crippen LogP contribution in [0, 0.1) is 6.92 Å². The van der Waals surface area contributed by atoms with Crippen molar-refractivity contribution in [3.8, 4) is 0 Å². The Morgan fingerprint density at radius 3 is 1.96 bits per heavy atom. The second-order valence-electron chi connectivity index (χ2n) is 7.10. The quantitative estimate of drug-likeness (QED) is 0.785. The summed E-state index contributed by atoms with van der Waals surface area (Å²) in [6.45, 7) is 4.51. The number of hydrogen-bond acceptors (Lipinski definition) is 3. The normalized spacial score (nSPS) is 19.6. The number of rotatable bonds is 4. The molecule has 0 radical (unpaired) electrons. The summed E-state index contributed by atoms with van der Waals surface area (Å²) in [7, 11) is 2.24. The van der Waals surface area contributed by atoms with E-state index in [1.807, 2.05) is 0 Å². The Morgan fingerprint density at radius 1 is 0.893 bits per heavy atom. The maximum absolute atomic E-state index is 9.55. The van der Waals surface area contributed by atoms with E-state index in [2.05, 4.69) is 73.5 Å². The second-order valence-corrected chi connectivity index (χ2v) is 7.10. The predicted octanol–water partition coefficient (Wildman–Crippen LogP) is 3.91. The first-order chi connectivity index (χ1) is 13.4. The van der Waals surface area contributed by atoms with Gasteiger partial charge in [-0.1, -0.05) is 60.2 Å². The lowest BCUT2D eigenvalue weighted by Gasteiger charge is -2.37. The fraction of sp³-hybridized carbons (Fsp3) is 0.304. The smallest absolute Gasteiger partial charge is 0.328 e. The molecule has 0 bridgehead atoms. The van der Waals surface area contributed by atoms with Gasteiger partial charge >= 0.3 is 11.9 Å². The lowest BCUT2D eigenvalue weighted by atomic mass is 9.77. The molecule has 1 aliphatic rings. The van der Waals surface area contributed by atoms with Gasteiger partial charge in [-0.3, -0.25) is 0 Å².